The summed E-state index contributed by atoms with van der Waals surface area (Å²) in [6.45, 7) is 7.71. The molecule has 1 fully saturated rings. The first-order chi connectivity index (χ1) is 9.17. The highest BCUT2D eigenvalue weighted by Crippen LogP contribution is 2.34. The topological polar surface area (TPSA) is 67.1 Å². The first-order valence-electron chi connectivity index (χ1n) is 7.24. The van der Waals surface area contributed by atoms with Gasteiger partial charge in [-0.1, -0.05) is 20.8 Å². The Kier molecular flexibility index (Phi) is 4.58. The van der Waals surface area contributed by atoms with Gasteiger partial charge in [0.2, 0.25) is 0 Å². The fourth-order valence-electron chi connectivity index (χ4n) is 2.35. The van der Waals surface area contributed by atoms with E-state index in [0.29, 0.717) is 12.0 Å². The molecule has 0 aliphatic heterocycles. The number of aromatic nitrogens is 2. The van der Waals surface area contributed by atoms with Gasteiger partial charge in [0.25, 0.3) is 0 Å². The number of hydrazine groups is 1. The summed E-state index contributed by atoms with van der Waals surface area (Å²) in [4.78, 5) is 11.2. The van der Waals surface area contributed by atoms with Crippen LogP contribution in [0, 0.1) is 5.92 Å². The van der Waals surface area contributed by atoms with Crippen molar-refractivity contribution in [3.8, 4) is 0 Å². The summed E-state index contributed by atoms with van der Waals surface area (Å²) < 4.78 is 0. The maximum absolute atomic E-state index is 5.55. The van der Waals surface area contributed by atoms with Crippen LogP contribution in [0.25, 0.3) is 0 Å². The molecule has 1 aromatic rings. The Morgan fingerprint density at radius 2 is 2.16 bits per heavy atom. The molecule has 19 heavy (non-hydrogen) atoms. The number of nitrogen functional groups attached to an aromatic ring is 1. The lowest BCUT2D eigenvalue weighted by molar-refractivity contribution is 0.567. The van der Waals surface area contributed by atoms with Crippen molar-refractivity contribution in [1.29, 1.82) is 0 Å². The van der Waals surface area contributed by atoms with Crippen molar-refractivity contribution < 1.29 is 0 Å². The highest BCUT2D eigenvalue weighted by molar-refractivity contribution is 5.59. The van der Waals surface area contributed by atoms with Crippen molar-refractivity contribution in [3.05, 3.63) is 11.9 Å². The van der Waals surface area contributed by atoms with Crippen LogP contribution in [0.2, 0.25) is 0 Å². The largest absolute Gasteiger partial charge is 0.353 e. The van der Waals surface area contributed by atoms with Gasteiger partial charge in [-0.3, -0.25) is 0 Å². The van der Waals surface area contributed by atoms with E-state index in [2.05, 4.69) is 41.1 Å². The SMILES string of the molecule is CCc1c(NN)ncnc1N(CCC(C)C)C1CC1. The van der Waals surface area contributed by atoms with Gasteiger partial charge >= 0.3 is 0 Å². The van der Waals surface area contributed by atoms with Gasteiger partial charge in [-0.2, -0.15) is 0 Å². The highest BCUT2D eigenvalue weighted by atomic mass is 15.3. The van der Waals surface area contributed by atoms with Crippen LogP contribution < -0.4 is 16.2 Å². The summed E-state index contributed by atoms with van der Waals surface area (Å²) in [5, 5.41) is 0. The Hall–Kier alpha value is -1.36. The third-order valence-electron chi connectivity index (χ3n) is 3.62. The monoisotopic (exact) mass is 263 g/mol. The zero-order chi connectivity index (χ0) is 13.8. The summed E-state index contributed by atoms with van der Waals surface area (Å²) in [7, 11) is 0. The van der Waals surface area contributed by atoms with E-state index in [0.717, 1.165) is 30.2 Å². The van der Waals surface area contributed by atoms with Crippen LogP contribution in [0.5, 0.6) is 0 Å². The maximum Gasteiger partial charge on any atom is 0.148 e. The van der Waals surface area contributed by atoms with Crippen molar-refractivity contribution in [3.63, 3.8) is 0 Å². The van der Waals surface area contributed by atoms with E-state index in [1.165, 1.54) is 19.3 Å². The number of nitrogens with one attached hydrogen (secondary N) is 1. The van der Waals surface area contributed by atoms with Gasteiger partial charge in [0, 0.05) is 18.2 Å². The zero-order valence-electron chi connectivity index (χ0n) is 12.2. The number of hydrogen-bond donors (Lipinski definition) is 2. The lowest BCUT2D eigenvalue weighted by Crippen LogP contribution is -2.30. The Balaban J connectivity index is 2.25. The predicted octanol–water partition coefficient (Wildman–Crippen LogP) is 2.34. The molecule has 0 aromatic carbocycles. The Bertz CT molecular complexity index is 414. The quantitative estimate of drug-likeness (QED) is 0.584. The molecule has 106 valence electrons. The zero-order valence-corrected chi connectivity index (χ0v) is 12.2. The van der Waals surface area contributed by atoms with Crippen molar-refractivity contribution >= 4 is 11.6 Å². The minimum Gasteiger partial charge on any atom is -0.353 e. The second-order valence-corrected chi connectivity index (χ2v) is 5.63. The molecular weight excluding hydrogens is 238 g/mol. The number of nitrogens with zero attached hydrogens (tertiary/aromatic N) is 3. The number of anilines is 2. The Morgan fingerprint density at radius 3 is 2.68 bits per heavy atom. The van der Waals surface area contributed by atoms with Crippen LogP contribution in [0.1, 0.15) is 45.6 Å². The van der Waals surface area contributed by atoms with Crippen LogP contribution in [-0.4, -0.2) is 22.6 Å². The van der Waals surface area contributed by atoms with Crippen molar-refractivity contribution in [2.75, 3.05) is 16.9 Å². The Morgan fingerprint density at radius 1 is 1.42 bits per heavy atom. The van der Waals surface area contributed by atoms with E-state index < -0.39 is 0 Å². The molecule has 1 aliphatic rings. The molecule has 1 aliphatic carbocycles. The maximum atomic E-state index is 5.55. The molecule has 2 rings (SSSR count). The lowest BCUT2D eigenvalue weighted by atomic mass is 10.1. The molecule has 1 saturated carbocycles. The van der Waals surface area contributed by atoms with E-state index in [1.807, 2.05) is 0 Å². The summed E-state index contributed by atoms with van der Waals surface area (Å²) in [5.41, 5.74) is 3.81. The summed E-state index contributed by atoms with van der Waals surface area (Å²) in [6, 6.07) is 0.657. The predicted molar refractivity (Wildman–Crippen MR) is 79.0 cm³/mol. The molecule has 0 radical (unpaired) electrons. The van der Waals surface area contributed by atoms with Gasteiger partial charge in [0.1, 0.15) is 18.0 Å². The average molecular weight is 263 g/mol. The van der Waals surface area contributed by atoms with Crippen molar-refractivity contribution in [1.82, 2.24) is 9.97 Å². The summed E-state index contributed by atoms with van der Waals surface area (Å²) in [5.74, 6) is 8.07. The second kappa shape index (κ2) is 6.19. The van der Waals surface area contributed by atoms with E-state index in [9.17, 15) is 0 Å². The van der Waals surface area contributed by atoms with E-state index in [4.69, 9.17) is 5.84 Å². The van der Waals surface area contributed by atoms with E-state index in [-0.39, 0.29) is 0 Å². The minimum absolute atomic E-state index is 0.657. The average Bonchev–Trinajstić information content (AvgIpc) is 3.22. The second-order valence-electron chi connectivity index (χ2n) is 5.63. The highest BCUT2D eigenvalue weighted by Gasteiger charge is 2.31. The Labute approximate surface area is 115 Å². The van der Waals surface area contributed by atoms with Crippen molar-refractivity contribution in [2.24, 2.45) is 11.8 Å². The third kappa shape index (κ3) is 3.35. The molecule has 5 heteroatoms. The molecule has 0 bridgehead atoms. The van der Waals surface area contributed by atoms with E-state index >= 15 is 0 Å². The van der Waals surface area contributed by atoms with Crippen LogP contribution in [0.15, 0.2) is 6.33 Å². The van der Waals surface area contributed by atoms with Gasteiger partial charge in [-0.25, -0.2) is 15.8 Å². The minimum atomic E-state index is 0.657. The molecule has 0 unspecified atom stereocenters. The molecular formula is C14H25N5. The molecule has 0 saturated heterocycles. The smallest absolute Gasteiger partial charge is 0.148 e. The fraction of sp³-hybridized carbons (Fsp3) is 0.714. The molecule has 0 amide bonds. The number of hydrogen-bond acceptors (Lipinski definition) is 5. The molecule has 1 aromatic heterocycles. The summed E-state index contributed by atoms with van der Waals surface area (Å²) >= 11 is 0. The van der Waals surface area contributed by atoms with Gasteiger partial charge in [0.05, 0.1) is 0 Å². The number of rotatable bonds is 7. The first-order valence-corrected chi connectivity index (χ1v) is 7.24. The molecule has 3 N–H and O–H groups in total. The van der Waals surface area contributed by atoms with Crippen LogP contribution >= 0.6 is 0 Å². The summed E-state index contributed by atoms with van der Waals surface area (Å²) in [6.07, 6.45) is 6.23. The normalized spacial score (nSPS) is 14.8. The molecule has 0 spiro atoms. The van der Waals surface area contributed by atoms with Crippen molar-refractivity contribution in [2.45, 2.75) is 52.5 Å². The van der Waals surface area contributed by atoms with Crippen LogP contribution in [-0.2, 0) is 6.42 Å². The molecule has 0 atom stereocenters. The van der Waals surface area contributed by atoms with E-state index in [1.54, 1.807) is 6.33 Å². The number of nitrogens with two attached hydrogens (primary N) is 1. The third-order valence-corrected chi connectivity index (χ3v) is 3.62. The van der Waals surface area contributed by atoms with Crippen LogP contribution in [0.4, 0.5) is 11.6 Å². The molecule has 5 nitrogen and oxygen atoms in total. The van der Waals surface area contributed by atoms with Gasteiger partial charge in [-0.05, 0) is 31.6 Å². The van der Waals surface area contributed by atoms with Crippen LogP contribution in [0.3, 0.4) is 0 Å². The fourth-order valence-corrected chi connectivity index (χ4v) is 2.35. The first kappa shape index (κ1) is 14.1. The van der Waals surface area contributed by atoms with Gasteiger partial charge in [0.15, 0.2) is 0 Å². The lowest BCUT2D eigenvalue weighted by Gasteiger charge is -2.27. The standard InChI is InChI=1S/C14H25N5/c1-4-12-13(18-15)16-9-17-14(12)19(11-5-6-11)8-7-10(2)3/h9-11H,4-8,15H2,1-3H3,(H,16,17,18). The van der Waals surface area contributed by atoms with Gasteiger partial charge < -0.3 is 10.3 Å². The molecule has 1 heterocycles. The van der Waals surface area contributed by atoms with Gasteiger partial charge in [-0.15, -0.1) is 0 Å².